The largest absolute Gasteiger partial charge is 0.459 e. The second kappa shape index (κ2) is 11.0. The standard InChI is InChI=1S/C27H22ClN7O3S/c1-33(2)21-11-18(16-34(26(21)36)15-17-5-3-9-30-13-17)24-20(12-29)25(31-14-19-7-8-23(28)39-19)35(32-24)27(37)22-6-4-10-38-22/h3-11,13,16,31H,14-15H2,1-2H3. The molecule has 196 valence electrons. The molecule has 39 heavy (non-hydrogen) atoms. The van der Waals surface area contributed by atoms with Crippen LogP contribution in [0.2, 0.25) is 4.34 Å². The van der Waals surface area contributed by atoms with Crippen molar-refractivity contribution in [2.75, 3.05) is 24.3 Å². The van der Waals surface area contributed by atoms with Crippen LogP contribution in [0.25, 0.3) is 11.3 Å². The van der Waals surface area contributed by atoms with Crippen LogP contribution in [0, 0.1) is 11.3 Å². The summed E-state index contributed by atoms with van der Waals surface area (Å²) in [5, 5.41) is 18.0. The number of hydrogen-bond acceptors (Lipinski definition) is 9. The van der Waals surface area contributed by atoms with Crippen LogP contribution in [0.3, 0.4) is 0 Å². The van der Waals surface area contributed by atoms with Crippen molar-refractivity contribution in [2.45, 2.75) is 13.1 Å². The van der Waals surface area contributed by atoms with Gasteiger partial charge in [0, 0.05) is 43.1 Å². The summed E-state index contributed by atoms with van der Waals surface area (Å²) in [5.74, 6) is -0.285. The van der Waals surface area contributed by atoms with Crippen molar-refractivity contribution in [1.82, 2.24) is 19.3 Å². The number of carbonyl (C=O) groups excluding carboxylic acids is 1. The molecule has 0 aromatic carbocycles. The summed E-state index contributed by atoms with van der Waals surface area (Å²) >= 11 is 7.46. The maximum Gasteiger partial charge on any atom is 0.315 e. The maximum atomic E-state index is 13.4. The molecule has 0 spiro atoms. The highest BCUT2D eigenvalue weighted by Crippen LogP contribution is 2.31. The lowest BCUT2D eigenvalue weighted by Crippen LogP contribution is -2.27. The van der Waals surface area contributed by atoms with Gasteiger partial charge in [-0.3, -0.25) is 14.6 Å². The number of carbonyl (C=O) groups is 1. The van der Waals surface area contributed by atoms with Gasteiger partial charge in [0.15, 0.2) is 11.6 Å². The van der Waals surface area contributed by atoms with E-state index >= 15 is 0 Å². The zero-order valence-corrected chi connectivity index (χ0v) is 22.5. The van der Waals surface area contributed by atoms with Crippen LogP contribution in [0.4, 0.5) is 11.5 Å². The van der Waals surface area contributed by atoms with Gasteiger partial charge in [0.05, 0.1) is 23.7 Å². The Morgan fingerprint density at radius 3 is 2.74 bits per heavy atom. The molecule has 0 aliphatic carbocycles. The molecule has 0 bridgehead atoms. The summed E-state index contributed by atoms with van der Waals surface area (Å²) in [4.78, 5) is 33.4. The van der Waals surface area contributed by atoms with E-state index in [-0.39, 0.29) is 34.9 Å². The van der Waals surface area contributed by atoms with E-state index in [1.54, 1.807) is 61.9 Å². The van der Waals surface area contributed by atoms with Crippen molar-refractivity contribution in [3.8, 4) is 17.3 Å². The highest BCUT2D eigenvalue weighted by atomic mass is 35.5. The lowest BCUT2D eigenvalue weighted by Gasteiger charge is -2.16. The number of rotatable bonds is 8. The van der Waals surface area contributed by atoms with Crippen molar-refractivity contribution in [1.29, 1.82) is 5.26 Å². The first kappa shape index (κ1) is 26.0. The summed E-state index contributed by atoms with van der Waals surface area (Å²) in [6.45, 7) is 0.575. The Morgan fingerprint density at radius 2 is 2.10 bits per heavy atom. The molecule has 0 saturated carbocycles. The van der Waals surface area contributed by atoms with E-state index in [1.165, 1.54) is 28.2 Å². The van der Waals surface area contributed by atoms with Crippen LogP contribution in [-0.4, -0.2) is 39.3 Å². The zero-order valence-electron chi connectivity index (χ0n) is 21.0. The van der Waals surface area contributed by atoms with Crippen LogP contribution in [-0.2, 0) is 13.1 Å². The molecule has 0 radical (unpaired) electrons. The van der Waals surface area contributed by atoms with E-state index in [0.29, 0.717) is 22.1 Å². The van der Waals surface area contributed by atoms with E-state index in [2.05, 4.69) is 21.5 Å². The number of nitrogens with one attached hydrogen (secondary N) is 1. The van der Waals surface area contributed by atoms with Gasteiger partial charge in [0.2, 0.25) is 0 Å². The van der Waals surface area contributed by atoms with E-state index in [4.69, 9.17) is 16.0 Å². The number of nitrogens with zero attached hydrogens (tertiary/aromatic N) is 6. The Hall–Kier alpha value is -4.66. The van der Waals surface area contributed by atoms with E-state index in [0.717, 1.165) is 15.1 Å². The quantitative estimate of drug-likeness (QED) is 0.290. The fourth-order valence-electron chi connectivity index (χ4n) is 4.03. The van der Waals surface area contributed by atoms with Gasteiger partial charge < -0.3 is 19.2 Å². The molecule has 0 aliphatic rings. The van der Waals surface area contributed by atoms with Gasteiger partial charge in [0.1, 0.15) is 23.0 Å². The zero-order chi connectivity index (χ0) is 27.5. The van der Waals surface area contributed by atoms with Crippen molar-refractivity contribution in [3.63, 3.8) is 0 Å². The second-order valence-electron chi connectivity index (χ2n) is 8.74. The third kappa shape index (κ3) is 5.34. The summed E-state index contributed by atoms with van der Waals surface area (Å²) in [6.07, 6.45) is 6.37. The maximum absolute atomic E-state index is 13.4. The average Bonchev–Trinajstić information content (AvgIpc) is 3.69. The number of furan rings is 1. The van der Waals surface area contributed by atoms with E-state index in [9.17, 15) is 14.9 Å². The van der Waals surface area contributed by atoms with Crippen LogP contribution in [0.1, 0.15) is 26.6 Å². The summed E-state index contributed by atoms with van der Waals surface area (Å²) in [5.41, 5.74) is 1.89. The predicted molar refractivity (Wildman–Crippen MR) is 149 cm³/mol. The van der Waals surface area contributed by atoms with Crippen molar-refractivity contribution >= 4 is 40.4 Å². The van der Waals surface area contributed by atoms with Crippen LogP contribution < -0.4 is 15.8 Å². The van der Waals surface area contributed by atoms with Crippen molar-refractivity contribution < 1.29 is 9.21 Å². The molecule has 0 amide bonds. The van der Waals surface area contributed by atoms with Gasteiger partial charge in [0.25, 0.3) is 5.56 Å². The number of thiophene rings is 1. The number of hydrogen-bond donors (Lipinski definition) is 1. The first-order chi connectivity index (χ1) is 18.9. The van der Waals surface area contributed by atoms with E-state index in [1.807, 2.05) is 12.1 Å². The molecule has 0 aliphatic heterocycles. The summed E-state index contributed by atoms with van der Waals surface area (Å²) < 4.78 is 8.60. The van der Waals surface area contributed by atoms with Crippen LogP contribution in [0.5, 0.6) is 0 Å². The molecule has 5 rings (SSSR count). The highest BCUT2D eigenvalue weighted by molar-refractivity contribution is 7.16. The number of halogens is 1. The summed E-state index contributed by atoms with van der Waals surface area (Å²) in [7, 11) is 3.52. The van der Waals surface area contributed by atoms with Crippen LogP contribution >= 0.6 is 22.9 Å². The minimum atomic E-state index is -0.550. The SMILES string of the molecule is CN(C)c1cc(-c2nn(C(=O)c3ccco3)c(NCc3ccc(Cl)s3)c2C#N)cn(Cc2cccnc2)c1=O. The molecular weight excluding hydrogens is 538 g/mol. The minimum Gasteiger partial charge on any atom is -0.459 e. The Morgan fingerprint density at radius 1 is 1.26 bits per heavy atom. The Kier molecular flexibility index (Phi) is 7.31. The van der Waals surface area contributed by atoms with Crippen molar-refractivity contribution in [3.05, 3.63) is 104 Å². The molecule has 0 unspecified atom stereocenters. The fraction of sp³-hybridized carbons (Fsp3) is 0.148. The normalized spacial score (nSPS) is 10.8. The van der Waals surface area contributed by atoms with Gasteiger partial charge in [-0.15, -0.1) is 11.3 Å². The van der Waals surface area contributed by atoms with Crippen LogP contribution in [0.15, 0.2) is 76.5 Å². The molecular formula is C27H22ClN7O3S. The molecule has 0 fully saturated rings. The fourth-order valence-corrected chi connectivity index (χ4v) is 5.06. The van der Waals surface area contributed by atoms with Gasteiger partial charge >= 0.3 is 5.91 Å². The molecule has 5 heterocycles. The third-order valence-corrected chi connectivity index (χ3v) is 7.11. The molecule has 5 aromatic heterocycles. The molecule has 5 aromatic rings. The molecule has 0 saturated heterocycles. The summed E-state index contributed by atoms with van der Waals surface area (Å²) in [6, 6.07) is 14.3. The highest BCUT2D eigenvalue weighted by Gasteiger charge is 2.26. The third-order valence-electron chi connectivity index (χ3n) is 5.88. The number of anilines is 2. The minimum absolute atomic E-state index is 0.0614. The first-order valence-electron chi connectivity index (χ1n) is 11.8. The van der Waals surface area contributed by atoms with Crippen molar-refractivity contribution in [2.24, 2.45) is 0 Å². The first-order valence-corrected chi connectivity index (χ1v) is 13.0. The molecule has 1 N–H and O–H groups in total. The molecule has 12 heteroatoms. The Balaban J connectivity index is 1.65. The second-order valence-corrected chi connectivity index (χ2v) is 10.5. The lowest BCUT2D eigenvalue weighted by atomic mass is 10.1. The average molecular weight is 560 g/mol. The monoisotopic (exact) mass is 559 g/mol. The Bertz CT molecular complexity index is 1730. The predicted octanol–water partition coefficient (Wildman–Crippen LogP) is 4.70. The van der Waals surface area contributed by atoms with Gasteiger partial charge in [-0.05, 0) is 42.0 Å². The van der Waals surface area contributed by atoms with Gasteiger partial charge in [-0.2, -0.15) is 15.0 Å². The topological polar surface area (TPSA) is 122 Å². The Labute approximate surface area is 232 Å². The smallest absolute Gasteiger partial charge is 0.315 e. The van der Waals surface area contributed by atoms with Gasteiger partial charge in [-0.1, -0.05) is 17.7 Å². The number of aromatic nitrogens is 4. The molecule has 0 atom stereocenters. The van der Waals surface area contributed by atoms with Gasteiger partial charge in [-0.25, -0.2) is 0 Å². The number of pyridine rings is 2. The van der Waals surface area contributed by atoms with E-state index < -0.39 is 5.91 Å². The molecule has 10 nitrogen and oxygen atoms in total. The number of nitriles is 1. The lowest BCUT2D eigenvalue weighted by molar-refractivity contribution is 0.0920.